The fraction of sp³-hybridized carbons (Fsp3) is 0.0200. The standard InChI is InChI=1S/C50H36N4O/c55-50-45-32-44(27-26-36(45)35-51(50)37-16-6-1-7-17-37)54-48-30-28-42(52(38-18-8-2-9-19-38)39-20-10-3-11-21-39)33-46(48)47-34-43(29-31-49(47)54)53(40-22-12-4-13-23-40)41-24-14-5-15-25-41/h1-34H,35H2. The van der Waals surface area contributed by atoms with Crippen LogP contribution in [0, 0.1) is 0 Å². The number of rotatable bonds is 8. The Morgan fingerprint density at radius 3 is 1.24 bits per heavy atom. The van der Waals surface area contributed by atoms with Crippen molar-refractivity contribution < 1.29 is 4.79 Å². The normalized spacial score (nSPS) is 12.3. The first-order valence-corrected chi connectivity index (χ1v) is 18.6. The zero-order valence-electron chi connectivity index (χ0n) is 30.0. The van der Waals surface area contributed by atoms with Crippen molar-refractivity contribution in [1.82, 2.24) is 4.57 Å². The van der Waals surface area contributed by atoms with E-state index in [0.29, 0.717) is 6.54 Å². The van der Waals surface area contributed by atoms with Crippen LogP contribution in [0.4, 0.5) is 39.8 Å². The molecule has 55 heavy (non-hydrogen) atoms. The number of amides is 1. The van der Waals surface area contributed by atoms with E-state index in [9.17, 15) is 4.79 Å². The average molecular weight is 709 g/mol. The van der Waals surface area contributed by atoms with Crippen LogP contribution >= 0.6 is 0 Å². The number of hydrogen-bond donors (Lipinski definition) is 0. The molecule has 10 rings (SSSR count). The summed E-state index contributed by atoms with van der Waals surface area (Å²) in [4.78, 5) is 20.4. The van der Waals surface area contributed by atoms with Crippen LogP contribution in [-0.4, -0.2) is 10.5 Å². The summed E-state index contributed by atoms with van der Waals surface area (Å²) in [6, 6.07) is 71.8. The van der Waals surface area contributed by atoms with Gasteiger partial charge in [-0.1, -0.05) is 97.1 Å². The van der Waals surface area contributed by atoms with E-state index in [4.69, 9.17) is 0 Å². The molecule has 0 bridgehead atoms. The second-order valence-corrected chi connectivity index (χ2v) is 13.8. The molecule has 5 nitrogen and oxygen atoms in total. The predicted octanol–water partition coefficient (Wildman–Crippen LogP) is 12.9. The minimum absolute atomic E-state index is 0.0242. The topological polar surface area (TPSA) is 31.7 Å². The molecule has 262 valence electrons. The lowest BCUT2D eigenvalue weighted by Gasteiger charge is -2.26. The van der Waals surface area contributed by atoms with E-state index < -0.39 is 0 Å². The lowest BCUT2D eigenvalue weighted by atomic mass is 10.1. The molecule has 9 aromatic rings. The molecule has 8 aromatic carbocycles. The highest BCUT2D eigenvalue weighted by Crippen LogP contribution is 2.43. The van der Waals surface area contributed by atoms with Crippen molar-refractivity contribution in [3.8, 4) is 5.69 Å². The Labute approximate surface area is 320 Å². The number of carbonyl (C=O) groups is 1. The maximum absolute atomic E-state index is 13.9. The van der Waals surface area contributed by atoms with Gasteiger partial charge in [0.05, 0.1) is 17.6 Å². The zero-order valence-corrected chi connectivity index (χ0v) is 30.0. The highest BCUT2D eigenvalue weighted by Gasteiger charge is 2.29. The van der Waals surface area contributed by atoms with E-state index in [1.807, 2.05) is 35.2 Å². The Hall–Kier alpha value is -7.37. The summed E-state index contributed by atoms with van der Waals surface area (Å²) < 4.78 is 2.31. The minimum Gasteiger partial charge on any atom is -0.310 e. The molecule has 0 saturated carbocycles. The first-order chi connectivity index (χ1) is 27.2. The van der Waals surface area contributed by atoms with Gasteiger partial charge in [0.15, 0.2) is 0 Å². The number of para-hydroxylation sites is 5. The lowest BCUT2D eigenvalue weighted by Crippen LogP contribution is -2.22. The van der Waals surface area contributed by atoms with Crippen LogP contribution in [0.5, 0.6) is 0 Å². The first-order valence-electron chi connectivity index (χ1n) is 18.6. The number of carbonyl (C=O) groups excluding carboxylic acids is 1. The Morgan fingerprint density at radius 2 is 0.800 bits per heavy atom. The van der Waals surface area contributed by atoms with Gasteiger partial charge in [0.25, 0.3) is 5.91 Å². The molecule has 1 amide bonds. The van der Waals surface area contributed by atoms with Gasteiger partial charge in [-0.25, -0.2) is 0 Å². The number of benzene rings is 8. The van der Waals surface area contributed by atoms with Crippen molar-refractivity contribution in [3.63, 3.8) is 0 Å². The maximum Gasteiger partial charge on any atom is 0.259 e. The van der Waals surface area contributed by atoms with Crippen LogP contribution in [0.25, 0.3) is 27.5 Å². The summed E-state index contributed by atoms with van der Waals surface area (Å²) in [5.41, 5.74) is 12.2. The third-order valence-corrected chi connectivity index (χ3v) is 10.5. The molecule has 0 unspecified atom stereocenters. The van der Waals surface area contributed by atoms with E-state index in [-0.39, 0.29) is 5.91 Å². The molecule has 1 aliphatic heterocycles. The van der Waals surface area contributed by atoms with Crippen molar-refractivity contribution in [2.45, 2.75) is 6.54 Å². The predicted molar refractivity (Wildman–Crippen MR) is 227 cm³/mol. The monoisotopic (exact) mass is 708 g/mol. The van der Waals surface area contributed by atoms with Crippen molar-refractivity contribution in [1.29, 1.82) is 0 Å². The molecule has 0 aliphatic carbocycles. The van der Waals surface area contributed by atoms with Crippen molar-refractivity contribution in [3.05, 3.63) is 217 Å². The second kappa shape index (κ2) is 13.6. The van der Waals surface area contributed by atoms with Crippen molar-refractivity contribution >= 4 is 67.5 Å². The number of anilines is 7. The van der Waals surface area contributed by atoms with Crippen LogP contribution in [0.2, 0.25) is 0 Å². The summed E-state index contributed by atoms with van der Waals surface area (Å²) in [5.74, 6) is 0.0242. The Morgan fingerprint density at radius 1 is 0.382 bits per heavy atom. The van der Waals surface area contributed by atoms with E-state index in [1.54, 1.807) is 0 Å². The van der Waals surface area contributed by atoms with E-state index in [2.05, 4.69) is 190 Å². The molecular weight excluding hydrogens is 673 g/mol. The first kappa shape index (κ1) is 32.3. The number of hydrogen-bond acceptors (Lipinski definition) is 3. The summed E-state index contributed by atoms with van der Waals surface area (Å²) in [6.45, 7) is 0.558. The van der Waals surface area contributed by atoms with Gasteiger partial charge in [0.2, 0.25) is 0 Å². The molecule has 2 heterocycles. The Bertz CT molecular complexity index is 2580. The van der Waals surface area contributed by atoms with Gasteiger partial charge in [-0.2, -0.15) is 0 Å². The number of aromatic nitrogens is 1. The fourth-order valence-corrected chi connectivity index (χ4v) is 8.00. The van der Waals surface area contributed by atoms with Gasteiger partial charge >= 0.3 is 0 Å². The lowest BCUT2D eigenvalue weighted by molar-refractivity contribution is 0.0996. The van der Waals surface area contributed by atoms with Gasteiger partial charge in [-0.15, -0.1) is 0 Å². The smallest absolute Gasteiger partial charge is 0.259 e. The van der Waals surface area contributed by atoms with Gasteiger partial charge in [0.1, 0.15) is 0 Å². The molecule has 0 atom stereocenters. The zero-order chi connectivity index (χ0) is 36.7. The van der Waals surface area contributed by atoms with Crippen molar-refractivity contribution in [2.75, 3.05) is 14.7 Å². The molecule has 0 saturated heterocycles. The van der Waals surface area contributed by atoms with Crippen LogP contribution in [-0.2, 0) is 6.54 Å². The summed E-state index contributed by atoms with van der Waals surface area (Å²) in [7, 11) is 0. The van der Waals surface area contributed by atoms with Gasteiger partial charge in [0, 0.05) is 61.8 Å². The Balaban J connectivity index is 1.19. The van der Waals surface area contributed by atoms with Crippen LogP contribution in [0.3, 0.4) is 0 Å². The molecule has 0 spiro atoms. The molecule has 1 aliphatic rings. The number of nitrogens with zero attached hydrogens (tertiary/aromatic N) is 4. The minimum atomic E-state index is 0.0242. The largest absolute Gasteiger partial charge is 0.310 e. The summed E-state index contributed by atoms with van der Waals surface area (Å²) in [6.07, 6.45) is 0. The fourth-order valence-electron chi connectivity index (χ4n) is 8.00. The van der Waals surface area contributed by atoms with Gasteiger partial charge < -0.3 is 19.3 Å². The molecule has 0 radical (unpaired) electrons. The van der Waals surface area contributed by atoms with E-state index in [1.165, 1.54) is 0 Å². The maximum atomic E-state index is 13.9. The Kier molecular flexibility index (Phi) is 7.96. The third kappa shape index (κ3) is 5.70. The summed E-state index contributed by atoms with van der Waals surface area (Å²) in [5, 5.41) is 2.23. The average Bonchev–Trinajstić information content (AvgIpc) is 3.76. The highest BCUT2D eigenvalue weighted by molar-refractivity contribution is 6.13. The van der Waals surface area contributed by atoms with Crippen molar-refractivity contribution in [2.24, 2.45) is 0 Å². The van der Waals surface area contributed by atoms with E-state index in [0.717, 1.165) is 78.4 Å². The van der Waals surface area contributed by atoms with Gasteiger partial charge in [-0.05, 0) is 115 Å². The third-order valence-electron chi connectivity index (χ3n) is 10.5. The molecule has 0 N–H and O–H groups in total. The molecular formula is C50H36N4O. The van der Waals surface area contributed by atoms with E-state index >= 15 is 0 Å². The molecule has 0 fully saturated rings. The summed E-state index contributed by atoms with van der Waals surface area (Å²) >= 11 is 0. The SMILES string of the molecule is O=C1c2cc(-n3c4ccc(N(c5ccccc5)c5ccccc5)cc4c4cc(N(c5ccccc5)c5ccccc5)ccc43)ccc2CN1c1ccccc1. The molecule has 1 aromatic heterocycles. The van der Waals surface area contributed by atoms with Gasteiger partial charge in [-0.3, -0.25) is 4.79 Å². The van der Waals surface area contributed by atoms with Crippen LogP contribution in [0.15, 0.2) is 206 Å². The number of fused-ring (bicyclic) bond motifs is 4. The highest BCUT2D eigenvalue weighted by atomic mass is 16.2. The van der Waals surface area contributed by atoms with Crippen LogP contribution in [0.1, 0.15) is 15.9 Å². The molecule has 5 heteroatoms. The quantitative estimate of drug-likeness (QED) is 0.157. The second-order valence-electron chi connectivity index (χ2n) is 13.8. The van der Waals surface area contributed by atoms with Crippen LogP contribution < -0.4 is 14.7 Å².